The molecule has 0 spiro atoms. The van der Waals surface area contributed by atoms with Crippen molar-refractivity contribution in [1.29, 1.82) is 0 Å². The molecule has 2 aromatic heterocycles. The Morgan fingerprint density at radius 3 is 2.60 bits per heavy atom. The van der Waals surface area contributed by atoms with E-state index in [-0.39, 0.29) is 29.2 Å². The molecule has 170 valence electrons. The van der Waals surface area contributed by atoms with E-state index in [1.54, 1.807) is 0 Å². The molecule has 0 saturated heterocycles. The van der Waals surface area contributed by atoms with E-state index in [4.69, 9.17) is 15.0 Å². The van der Waals surface area contributed by atoms with Crippen molar-refractivity contribution < 1.29 is 34.0 Å². The fraction of sp³-hybridized carbons (Fsp3) is 0.722. The fourth-order valence-electron chi connectivity index (χ4n) is 3.05. The van der Waals surface area contributed by atoms with Crippen LogP contribution in [0.1, 0.15) is 53.2 Å². The fourth-order valence-corrected chi connectivity index (χ4v) is 4.53. The van der Waals surface area contributed by atoms with Gasteiger partial charge in [0.25, 0.3) is 12.1 Å². The molecule has 0 aliphatic rings. The van der Waals surface area contributed by atoms with Gasteiger partial charge in [-0.3, -0.25) is 9.13 Å². The highest BCUT2D eigenvalue weighted by Gasteiger charge is 2.29. The smallest absolute Gasteiger partial charge is 0.289 e. The van der Waals surface area contributed by atoms with Gasteiger partial charge in [0.15, 0.2) is 14.3 Å². The minimum Gasteiger partial charge on any atom is -0.394 e. The number of anilines is 1. The summed E-state index contributed by atoms with van der Waals surface area (Å²) < 4.78 is 26.2. The minimum absolute atomic E-state index is 0.0166. The number of aliphatic hydroxyl groups is 2. The first-order valence-corrected chi connectivity index (χ1v) is 11.4. The molecule has 3 atom stereocenters. The first kappa shape index (κ1) is 24.5. The van der Waals surface area contributed by atoms with Crippen LogP contribution >= 0.6 is 8.03 Å². The van der Waals surface area contributed by atoms with Gasteiger partial charge in [0.2, 0.25) is 11.2 Å². The highest BCUT2D eigenvalue weighted by molar-refractivity contribution is 7.40. The number of fused-ring (bicyclic) bond motifs is 1. The van der Waals surface area contributed by atoms with E-state index >= 15 is 0 Å². The van der Waals surface area contributed by atoms with Crippen LogP contribution in [0.4, 0.5) is 5.82 Å². The number of aromatic nitrogens is 4. The van der Waals surface area contributed by atoms with Crippen LogP contribution in [0, 0.1) is 0 Å². The Hall–Kier alpha value is -1.78. The lowest BCUT2D eigenvalue weighted by atomic mass is 10.1. The lowest BCUT2D eigenvalue weighted by Gasteiger charge is -2.29. The van der Waals surface area contributed by atoms with E-state index in [1.807, 2.05) is 27.7 Å². The number of nitrogens with two attached hydrogens (primary N) is 1. The molecule has 5 N–H and O–H groups in total. The van der Waals surface area contributed by atoms with Crippen LogP contribution in [-0.4, -0.2) is 60.5 Å². The molecule has 0 bridgehead atoms. The van der Waals surface area contributed by atoms with Gasteiger partial charge in [0, 0.05) is 5.66 Å². The van der Waals surface area contributed by atoms with Crippen LogP contribution in [0.15, 0.2) is 12.7 Å². The summed E-state index contributed by atoms with van der Waals surface area (Å²) >= 11 is 0. The van der Waals surface area contributed by atoms with Crippen molar-refractivity contribution in [2.45, 2.75) is 70.5 Å². The summed E-state index contributed by atoms with van der Waals surface area (Å²) in [5, 5.41) is 29.3. The molecule has 0 saturated carbocycles. The molecule has 2 unspecified atom stereocenters. The quantitative estimate of drug-likeness (QED) is 0.214. The zero-order valence-corrected chi connectivity index (χ0v) is 18.9. The van der Waals surface area contributed by atoms with Crippen LogP contribution in [-0.2, 0) is 13.8 Å². The van der Waals surface area contributed by atoms with E-state index in [2.05, 4.69) is 9.97 Å². The summed E-state index contributed by atoms with van der Waals surface area (Å²) in [6, 6.07) is 0. The number of hydrogen-bond acceptors (Lipinski definition) is 9. The van der Waals surface area contributed by atoms with Crippen LogP contribution in [0.5, 0.6) is 0 Å². The van der Waals surface area contributed by atoms with Crippen LogP contribution in [0.25, 0.3) is 11.2 Å². The summed E-state index contributed by atoms with van der Waals surface area (Å²) in [7, 11) is -2.20. The van der Waals surface area contributed by atoms with Crippen LogP contribution in [0.3, 0.4) is 0 Å². The summed E-state index contributed by atoms with van der Waals surface area (Å²) in [5.41, 5.74) is 5.66. The van der Waals surface area contributed by atoms with Gasteiger partial charge >= 0.3 is 0 Å². The maximum Gasteiger partial charge on any atom is 0.289 e. The third-order valence-electron chi connectivity index (χ3n) is 5.03. The Morgan fingerprint density at radius 2 is 2.00 bits per heavy atom. The minimum atomic E-state index is -2.20. The Balaban J connectivity index is 2.11. The highest BCUT2D eigenvalue weighted by atomic mass is 31.1. The molecule has 0 fully saturated rings. The Labute approximate surface area is 176 Å². The molecule has 2 heterocycles. The van der Waals surface area contributed by atoms with Crippen LogP contribution < -0.4 is 10.5 Å². The average Bonchev–Trinajstić information content (AvgIpc) is 3.12. The van der Waals surface area contributed by atoms with E-state index in [0.717, 1.165) is 19.2 Å². The highest BCUT2D eigenvalue weighted by Crippen LogP contribution is 2.39. The van der Waals surface area contributed by atoms with Gasteiger partial charge in [0.05, 0.1) is 18.8 Å². The number of nitrogen functional groups attached to an aromatic ring is 1. The standard InChI is InChI=1S/C18H32N5O6P/c1-5-12(6-2)30(27)29-18(3,4)7-8-28-17(13(25)9-24)22-10-20-14-15(19)23(26)11-21-16(14)22/h10-13,17,19,24-26,30H,5-9H2,1-4H3/p+1/t13-,17?/m1/s1. The number of imidazole rings is 1. The molecule has 2 aromatic rings. The third-order valence-corrected chi connectivity index (χ3v) is 7.26. The predicted octanol–water partition coefficient (Wildman–Crippen LogP) is 1.26. The monoisotopic (exact) mass is 446 g/mol. The summed E-state index contributed by atoms with van der Waals surface area (Å²) in [5.74, 6) is -0.0166. The number of nitrogens with zero attached hydrogens (tertiary/aromatic N) is 4. The number of hydrogen-bond donors (Lipinski definition) is 4. The number of ether oxygens (including phenoxy) is 1. The second-order valence-electron chi connectivity index (χ2n) is 7.75. The number of rotatable bonds is 12. The van der Waals surface area contributed by atoms with Gasteiger partial charge in [-0.1, -0.05) is 23.6 Å². The molecule has 0 aromatic carbocycles. The van der Waals surface area contributed by atoms with Gasteiger partial charge in [0.1, 0.15) is 12.4 Å². The van der Waals surface area contributed by atoms with Crippen LogP contribution in [0.2, 0.25) is 0 Å². The van der Waals surface area contributed by atoms with Gasteiger partial charge < -0.3 is 30.4 Å². The molecule has 0 radical (unpaired) electrons. The zero-order chi connectivity index (χ0) is 22.5. The second kappa shape index (κ2) is 10.5. The normalized spacial score (nSPS) is 15.6. The topological polar surface area (TPSA) is 157 Å². The van der Waals surface area contributed by atoms with E-state index < -0.39 is 32.6 Å². The van der Waals surface area contributed by atoms with Crippen molar-refractivity contribution >= 4 is 25.0 Å². The predicted molar refractivity (Wildman–Crippen MR) is 111 cm³/mol. The van der Waals surface area contributed by atoms with Crippen molar-refractivity contribution in [3.05, 3.63) is 12.7 Å². The van der Waals surface area contributed by atoms with E-state index in [9.17, 15) is 20.0 Å². The SMILES string of the molecule is CCC(CC)[PH](=O)OC(C)(C)CCOC([C@H](O)CO)n1cnc2c(N)[n+](O)cnc21. The van der Waals surface area contributed by atoms with Gasteiger partial charge in [-0.25, -0.2) is 4.98 Å². The zero-order valence-electron chi connectivity index (χ0n) is 17.9. The molecular weight excluding hydrogens is 413 g/mol. The molecule has 0 aliphatic heterocycles. The average molecular weight is 446 g/mol. The molecular formula is C18H33N5O6P+. The Bertz CT molecular complexity index is 857. The lowest BCUT2D eigenvalue weighted by Crippen LogP contribution is -2.35. The molecule has 12 heteroatoms. The maximum absolute atomic E-state index is 12.5. The van der Waals surface area contributed by atoms with Crippen molar-refractivity contribution in [3.8, 4) is 0 Å². The van der Waals surface area contributed by atoms with Gasteiger partial charge in [-0.15, -0.1) is 0 Å². The molecule has 0 amide bonds. The summed E-state index contributed by atoms with van der Waals surface area (Å²) in [6.07, 6.45) is 2.23. The van der Waals surface area contributed by atoms with E-state index in [0.29, 0.717) is 11.2 Å². The molecule has 30 heavy (non-hydrogen) atoms. The first-order chi connectivity index (χ1) is 14.1. The third kappa shape index (κ3) is 5.67. The lowest BCUT2D eigenvalue weighted by molar-refractivity contribution is -0.894. The van der Waals surface area contributed by atoms with Crippen molar-refractivity contribution in [2.75, 3.05) is 18.9 Å². The largest absolute Gasteiger partial charge is 0.394 e. The van der Waals surface area contributed by atoms with Crippen molar-refractivity contribution in [2.24, 2.45) is 0 Å². The Morgan fingerprint density at radius 1 is 1.33 bits per heavy atom. The van der Waals surface area contributed by atoms with E-state index in [1.165, 1.54) is 10.9 Å². The summed E-state index contributed by atoms with van der Waals surface area (Å²) in [6.45, 7) is 7.28. The van der Waals surface area contributed by atoms with Gasteiger partial charge in [-0.2, -0.15) is 0 Å². The molecule has 0 aliphatic carbocycles. The summed E-state index contributed by atoms with van der Waals surface area (Å²) in [4.78, 5) is 8.18. The molecule has 11 nitrogen and oxygen atoms in total. The van der Waals surface area contributed by atoms with Crippen molar-refractivity contribution in [3.63, 3.8) is 0 Å². The van der Waals surface area contributed by atoms with Gasteiger partial charge in [-0.05, 0) is 33.1 Å². The maximum atomic E-state index is 12.5. The van der Waals surface area contributed by atoms with Crippen molar-refractivity contribution in [1.82, 2.24) is 14.5 Å². The number of aliphatic hydroxyl groups excluding tert-OH is 2. The first-order valence-electron chi connectivity index (χ1n) is 10.00. The Kier molecular flexibility index (Phi) is 8.57. The second-order valence-corrected chi connectivity index (χ2v) is 9.41. The molecule has 2 rings (SSSR count).